The highest BCUT2D eigenvalue weighted by atomic mass is 16.5. The lowest BCUT2D eigenvalue weighted by atomic mass is 9.93. The molecule has 0 unspecified atom stereocenters. The molecule has 8 nitrogen and oxygen atoms in total. The number of likely N-dealkylation sites (N-methyl/N-ethyl adjacent to an activating group) is 1. The topological polar surface area (TPSA) is 75.9 Å². The molecular weight excluding hydrogens is 344 g/mol. The van der Waals surface area contributed by atoms with Crippen LogP contribution in [0.15, 0.2) is 42.6 Å². The lowest BCUT2D eigenvalue weighted by Crippen LogP contribution is -2.35. The van der Waals surface area contributed by atoms with Crippen molar-refractivity contribution in [1.82, 2.24) is 29.8 Å². The summed E-state index contributed by atoms with van der Waals surface area (Å²) in [6.07, 6.45) is 1.68. The average Bonchev–Trinajstić information content (AvgIpc) is 3.34. The zero-order chi connectivity index (χ0) is 19.0. The SMILES string of the molecule is COc1ccc([C@@H]2CN(C(=O)c3ccc4nnnn4c3)C[C@H]2N(C)C)cc1. The van der Waals surface area contributed by atoms with E-state index in [1.807, 2.05) is 17.0 Å². The van der Waals surface area contributed by atoms with Crippen LogP contribution in [0.5, 0.6) is 5.75 Å². The van der Waals surface area contributed by atoms with Gasteiger partial charge in [-0.3, -0.25) is 4.79 Å². The van der Waals surface area contributed by atoms with Crippen molar-refractivity contribution in [3.63, 3.8) is 0 Å². The summed E-state index contributed by atoms with van der Waals surface area (Å²) >= 11 is 0. The largest absolute Gasteiger partial charge is 0.497 e. The lowest BCUT2D eigenvalue weighted by Gasteiger charge is -2.25. The molecule has 1 saturated heterocycles. The summed E-state index contributed by atoms with van der Waals surface area (Å²) in [5.41, 5.74) is 2.42. The Bertz CT molecular complexity index is 952. The molecule has 1 aromatic carbocycles. The molecule has 3 heterocycles. The minimum absolute atomic E-state index is 0.00439. The Balaban J connectivity index is 1.59. The number of hydrogen-bond acceptors (Lipinski definition) is 6. The first-order valence-electron chi connectivity index (χ1n) is 8.84. The molecular formula is C19H22N6O2. The van der Waals surface area contributed by atoms with Crippen LogP contribution in [0.25, 0.3) is 5.65 Å². The van der Waals surface area contributed by atoms with Gasteiger partial charge in [-0.2, -0.15) is 4.52 Å². The zero-order valence-electron chi connectivity index (χ0n) is 15.6. The Hall–Kier alpha value is -3.00. The third-order valence-corrected chi connectivity index (χ3v) is 5.22. The predicted molar refractivity (Wildman–Crippen MR) is 99.9 cm³/mol. The molecule has 4 rings (SSSR count). The maximum atomic E-state index is 13.1. The van der Waals surface area contributed by atoms with E-state index < -0.39 is 0 Å². The molecule has 1 amide bonds. The van der Waals surface area contributed by atoms with Gasteiger partial charge in [0, 0.05) is 31.2 Å². The summed E-state index contributed by atoms with van der Waals surface area (Å²) in [5.74, 6) is 1.07. The normalized spacial score (nSPS) is 19.8. The molecule has 0 radical (unpaired) electrons. The van der Waals surface area contributed by atoms with Gasteiger partial charge in [-0.1, -0.05) is 12.1 Å². The van der Waals surface area contributed by atoms with Crippen LogP contribution in [0, 0.1) is 0 Å². The van der Waals surface area contributed by atoms with E-state index >= 15 is 0 Å². The van der Waals surface area contributed by atoms with Crippen LogP contribution >= 0.6 is 0 Å². The van der Waals surface area contributed by atoms with Gasteiger partial charge in [0.05, 0.1) is 12.7 Å². The van der Waals surface area contributed by atoms with Crippen molar-refractivity contribution < 1.29 is 9.53 Å². The van der Waals surface area contributed by atoms with Gasteiger partial charge >= 0.3 is 0 Å². The van der Waals surface area contributed by atoms with Crippen LogP contribution in [0.4, 0.5) is 0 Å². The van der Waals surface area contributed by atoms with Crippen molar-refractivity contribution in [3.8, 4) is 5.75 Å². The second-order valence-electron chi connectivity index (χ2n) is 7.02. The molecule has 27 heavy (non-hydrogen) atoms. The quantitative estimate of drug-likeness (QED) is 0.693. The van der Waals surface area contributed by atoms with Gasteiger partial charge in [0.25, 0.3) is 5.91 Å². The first kappa shape index (κ1) is 17.4. The number of ether oxygens (including phenoxy) is 1. The fourth-order valence-electron chi connectivity index (χ4n) is 3.70. The van der Waals surface area contributed by atoms with Crippen molar-refractivity contribution in [2.24, 2.45) is 0 Å². The van der Waals surface area contributed by atoms with Crippen molar-refractivity contribution in [2.45, 2.75) is 12.0 Å². The smallest absolute Gasteiger partial charge is 0.255 e. The number of benzene rings is 1. The van der Waals surface area contributed by atoms with Gasteiger partial charge in [-0.25, -0.2) is 0 Å². The second kappa shape index (κ2) is 6.96. The molecule has 1 aliphatic heterocycles. The number of aromatic nitrogens is 4. The van der Waals surface area contributed by atoms with Crippen LogP contribution < -0.4 is 4.74 Å². The maximum Gasteiger partial charge on any atom is 0.255 e. The van der Waals surface area contributed by atoms with Crippen LogP contribution in [0.1, 0.15) is 21.8 Å². The summed E-state index contributed by atoms with van der Waals surface area (Å²) < 4.78 is 6.78. The minimum Gasteiger partial charge on any atom is -0.497 e. The number of tetrazole rings is 1. The number of hydrogen-bond donors (Lipinski definition) is 0. The molecule has 0 saturated carbocycles. The predicted octanol–water partition coefficient (Wildman–Crippen LogP) is 1.30. The van der Waals surface area contributed by atoms with E-state index in [0.29, 0.717) is 24.3 Å². The van der Waals surface area contributed by atoms with E-state index in [9.17, 15) is 4.79 Å². The summed E-state index contributed by atoms with van der Waals surface area (Å²) in [7, 11) is 5.78. The third kappa shape index (κ3) is 3.23. The highest BCUT2D eigenvalue weighted by Crippen LogP contribution is 2.32. The average molecular weight is 366 g/mol. The zero-order valence-corrected chi connectivity index (χ0v) is 15.6. The number of likely N-dealkylation sites (tertiary alicyclic amines) is 1. The third-order valence-electron chi connectivity index (χ3n) is 5.22. The molecule has 140 valence electrons. The van der Waals surface area contributed by atoms with Crippen LogP contribution in [-0.2, 0) is 0 Å². The van der Waals surface area contributed by atoms with Gasteiger partial charge in [0.2, 0.25) is 0 Å². The Morgan fingerprint density at radius 3 is 2.63 bits per heavy atom. The van der Waals surface area contributed by atoms with Crippen LogP contribution in [0.3, 0.4) is 0 Å². The summed E-state index contributed by atoms with van der Waals surface area (Å²) in [6, 6.07) is 11.9. The lowest BCUT2D eigenvalue weighted by molar-refractivity contribution is 0.0781. The molecule has 1 aliphatic rings. The van der Waals surface area contributed by atoms with Crippen molar-refractivity contribution in [3.05, 3.63) is 53.7 Å². The molecule has 2 aromatic heterocycles. The fraction of sp³-hybridized carbons (Fsp3) is 0.368. The number of fused-ring (bicyclic) bond motifs is 1. The van der Waals surface area contributed by atoms with Gasteiger partial charge in [0.1, 0.15) is 5.75 Å². The van der Waals surface area contributed by atoms with E-state index in [4.69, 9.17) is 4.74 Å². The number of pyridine rings is 1. The van der Waals surface area contributed by atoms with Crippen molar-refractivity contribution >= 4 is 11.6 Å². The Morgan fingerprint density at radius 2 is 1.93 bits per heavy atom. The number of carbonyl (C=O) groups is 1. The van der Waals surface area contributed by atoms with Gasteiger partial charge < -0.3 is 14.5 Å². The van der Waals surface area contributed by atoms with Crippen molar-refractivity contribution in [2.75, 3.05) is 34.3 Å². The monoisotopic (exact) mass is 366 g/mol. The summed E-state index contributed by atoms with van der Waals surface area (Å²) in [6.45, 7) is 1.35. The Labute approximate surface area is 157 Å². The molecule has 3 aromatic rings. The minimum atomic E-state index is -0.00439. The highest BCUT2D eigenvalue weighted by Gasteiger charge is 2.37. The van der Waals surface area contributed by atoms with Crippen LogP contribution in [0.2, 0.25) is 0 Å². The number of nitrogens with zero attached hydrogens (tertiary/aromatic N) is 6. The molecule has 0 bridgehead atoms. The van der Waals surface area contributed by atoms with E-state index in [1.165, 1.54) is 10.1 Å². The molecule has 0 spiro atoms. The number of methoxy groups -OCH3 is 1. The molecule has 8 heteroatoms. The van der Waals surface area contributed by atoms with E-state index in [0.717, 1.165) is 5.75 Å². The highest BCUT2D eigenvalue weighted by molar-refractivity contribution is 5.94. The molecule has 2 atom stereocenters. The summed E-state index contributed by atoms with van der Waals surface area (Å²) in [4.78, 5) is 17.2. The maximum absolute atomic E-state index is 13.1. The standard InChI is InChI=1S/C19H22N6O2/c1-23(2)17-12-24(11-16(17)13-4-7-15(27-3)8-5-13)19(26)14-6-9-18-20-21-22-25(18)10-14/h4-10,16-17H,11-12H2,1-3H3/t16-,17+/m0/s1. The fourth-order valence-corrected chi connectivity index (χ4v) is 3.70. The van der Waals surface area contributed by atoms with E-state index in [1.54, 1.807) is 25.4 Å². The summed E-state index contributed by atoms with van der Waals surface area (Å²) in [5, 5.41) is 11.4. The first-order valence-corrected chi connectivity index (χ1v) is 8.84. The molecule has 1 fully saturated rings. The number of amides is 1. The van der Waals surface area contributed by atoms with E-state index in [-0.39, 0.29) is 17.9 Å². The van der Waals surface area contributed by atoms with Gasteiger partial charge in [-0.05, 0) is 54.4 Å². The first-order chi connectivity index (χ1) is 13.1. The Kier molecular flexibility index (Phi) is 4.49. The molecule has 0 aliphatic carbocycles. The van der Waals surface area contributed by atoms with E-state index in [2.05, 4.69) is 46.7 Å². The van der Waals surface area contributed by atoms with Gasteiger partial charge in [-0.15, -0.1) is 5.10 Å². The Morgan fingerprint density at radius 1 is 1.15 bits per heavy atom. The number of carbonyl (C=O) groups excluding carboxylic acids is 1. The van der Waals surface area contributed by atoms with Crippen molar-refractivity contribution in [1.29, 1.82) is 0 Å². The molecule has 0 N–H and O–H groups in total. The second-order valence-corrected chi connectivity index (χ2v) is 7.02. The van der Waals surface area contributed by atoms with Crippen LogP contribution in [-0.4, -0.2) is 76.1 Å². The van der Waals surface area contributed by atoms with Gasteiger partial charge in [0.15, 0.2) is 5.65 Å². The number of rotatable bonds is 4.